The van der Waals surface area contributed by atoms with Crippen molar-refractivity contribution in [1.29, 1.82) is 0 Å². The predicted octanol–water partition coefficient (Wildman–Crippen LogP) is -0.0539. The molecule has 7 nitrogen and oxygen atoms in total. The Labute approximate surface area is 112 Å². The van der Waals surface area contributed by atoms with Gasteiger partial charge in [-0.15, -0.1) is 0 Å². The number of H-pyrrole nitrogens is 1. The van der Waals surface area contributed by atoms with Crippen LogP contribution in [0.2, 0.25) is 0 Å². The van der Waals surface area contributed by atoms with Gasteiger partial charge in [0, 0.05) is 37.9 Å². The lowest BCUT2D eigenvalue weighted by Gasteiger charge is -2.04. The molecule has 8 heteroatoms. The third kappa shape index (κ3) is 3.22. The summed E-state index contributed by atoms with van der Waals surface area (Å²) in [6, 6.07) is 1.61. The molecule has 0 bridgehead atoms. The van der Waals surface area contributed by atoms with Crippen molar-refractivity contribution in [3.05, 3.63) is 36.2 Å². The fourth-order valence-corrected chi connectivity index (χ4v) is 2.67. The van der Waals surface area contributed by atoms with Crippen LogP contribution < -0.4 is 10.0 Å². The molecule has 2 aromatic heterocycles. The highest BCUT2D eigenvalue weighted by atomic mass is 32.2. The normalized spacial score (nSPS) is 11.9. The van der Waals surface area contributed by atoms with Crippen molar-refractivity contribution < 1.29 is 8.42 Å². The quantitative estimate of drug-likeness (QED) is 0.693. The van der Waals surface area contributed by atoms with Crippen LogP contribution in [0.25, 0.3) is 0 Å². The fraction of sp³-hybridized carbons (Fsp3) is 0.364. The third-order valence-corrected chi connectivity index (χ3v) is 4.12. The van der Waals surface area contributed by atoms with E-state index in [-0.39, 0.29) is 11.4 Å². The summed E-state index contributed by atoms with van der Waals surface area (Å²) >= 11 is 0. The second-order valence-electron chi connectivity index (χ2n) is 4.17. The van der Waals surface area contributed by atoms with Crippen LogP contribution in [0.15, 0.2) is 29.6 Å². The Kier molecular flexibility index (Phi) is 4.03. The summed E-state index contributed by atoms with van der Waals surface area (Å²) in [5, 5.41) is 2.95. The van der Waals surface area contributed by atoms with Crippen LogP contribution in [0.3, 0.4) is 0 Å². The van der Waals surface area contributed by atoms with Gasteiger partial charge in [-0.2, -0.15) is 0 Å². The molecule has 104 valence electrons. The van der Waals surface area contributed by atoms with E-state index >= 15 is 0 Å². The number of nitrogens with zero attached hydrogens (tertiary/aromatic N) is 2. The van der Waals surface area contributed by atoms with Crippen LogP contribution in [0.1, 0.15) is 11.5 Å². The predicted molar refractivity (Wildman–Crippen MR) is 70.8 cm³/mol. The summed E-state index contributed by atoms with van der Waals surface area (Å²) in [6.45, 7) is 0.757. The molecule has 0 atom stereocenters. The first-order valence-electron chi connectivity index (χ1n) is 5.80. The highest BCUT2D eigenvalue weighted by molar-refractivity contribution is 7.89. The highest BCUT2D eigenvalue weighted by Crippen LogP contribution is 2.11. The Bertz CT molecular complexity index is 644. The van der Waals surface area contributed by atoms with E-state index in [1.165, 1.54) is 6.20 Å². The van der Waals surface area contributed by atoms with Gasteiger partial charge in [0.2, 0.25) is 10.0 Å². The molecule has 0 aromatic carbocycles. The number of nitrogens with one attached hydrogen (secondary N) is 3. The topological polar surface area (TPSA) is 91.8 Å². The minimum Gasteiger partial charge on any atom is -0.363 e. The van der Waals surface area contributed by atoms with E-state index in [1.807, 2.05) is 7.05 Å². The maximum absolute atomic E-state index is 12.1. The largest absolute Gasteiger partial charge is 0.363 e. The van der Waals surface area contributed by atoms with Crippen LogP contribution >= 0.6 is 0 Å². The van der Waals surface area contributed by atoms with Crippen LogP contribution in [0, 0.1) is 0 Å². The molecule has 0 fully saturated rings. The van der Waals surface area contributed by atoms with Crippen LogP contribution in [0.4, 0.5) is 0 Å². The molecule has 0 aliphatic rings. The van der Waals surface area contributed by atoms with Crippen molar-refractivity contribution in [3.8, 4) is 0 Å². The lowest BCUT2D eigenvalue weighted by atomic mass is 10.4. The molecule has 0 aliphatic heterocycles. The Morgan fingerprint density at radius 1 is 1.42 bits per heavy atom. The average molecular weight is 283 g/mol. The van der Waals surface area contributed by atoms with E-state index in [4.69, 9.17) is 0 Å². The Balaban J connectivity index is 2.07. The van der Waals surface area contributed by atoms with Gasteiger partial charge in [-0.1, -0.05) is 0 Å². The monoisotopic (exact) mass is 283 g/mol. The van der Waals surface area contributed by atoms with Gasteiger partial charge >= 0.3 is 0 Å². The summed E-state index contributed by atoms with van der Waals surface area (Å²) in [5.74, 6) is 0.662. The maximum Gasteiger partial charge on any atom is 0.242 e. The summed E-state index contributed by atoms with van der Waals surface area (Å²) in [6.07, 6.45) is 4.88. The molecule has 2 rings (SSSR count). The number of hydrogen-bond donors (Lipinski definition) is 3. The van der Waals surface area contributed by atoms with Crippen molar-refractivity contribution >= 4 is 10.0 Å². The van der Waals surface area contributed by atoms with Crippen molar-refractivity contribution in [2.75, 3.05) is 7.05 Å². The van der Waals surface area contributed by atoms with Crippen LogP contribution in [-0.2, 0) is 30.2 Å². The molecule has 2 aromatic rings. The number of imidazole rings is 1. The molecule has 0 aliphatic carbocycles. The summed E-state index contributed by atoms with van der Waals surface area (Å²) in [5.41, 5.74) is 0.819. The van der Waals surface area contributed by atoms with E-state index in [9.17, 15) is 8.42 Å². The molecule has 19 heavy (non-hydrogen) atoms. The average Bonchev–Trinajstić information content (AvgIpc) is 2.97. The van der Waals surface area contributed by atoms with E-state index in [0.717, 1.165) is 5.69 Å². The SMILES string of the molecule is CNCc1cc(S(=O)(=O)NCc2nccn2C)c[nH]1. The fourth-order valence-electron chi connectivity index (χ4n) is 1.68. The summed E-state index contributed by atoms with van der Waals surface area (Å²) in [4.78, 5) is 7.21. The van der Waals surface area contributed by atoms with Crippen molar-refractivity contribution in [2.45, 2.75) is 18.0 Å². The highest BCUT2D eigenvalue weighted by Gasteiger charge is 2.16. The summed E-state index contributed by atoms with van der Waals surface area (Å²) in [7, 11) is 0.104. The van der Waals surface area contributed by atoms with Gasteiger partial charge in [-0.05, 0) is 13.1 Å². The molecule has 0 amide bonds. The Hall–Kier alpha value is -1.64. The molecule has 0 spiro atoms. The maximum atomic E-state index is 12.1. The number of aromatic amines is 1. The first-order chi connectivity index (χ1) is 9.03. The summed E-state index contributed by atoms with van der Waals surface area (Å²) < 4.78 is 28.4. The standard InChI is InChI=1S/C11H17N5O2S/c1-12-6-9-5-10(7-14-9)19(17,18)15-8-11-13-3-4-16(11)2/h3-5,7,12,14-15H,6,8H2,1-2H3. The zero-order chi connectivity index (χ0) is 13.9. The van der Waals surface area contributed by atoms with E-state index in [0.29, 0.717) is 12.4 Å². The van der Waals surface area contributed by atoms with E-state index in [2.05, 4.69) is 20.0 Å². The van der Waals surface area contributed by atoms with Crippen molar-refractivity contribution in [1.82, 2.24) is 24.6 Å². The van der Waals surface area contributed by atoms with Crippen LogP contribution in [0.5, 0.6) is 0 Å². The minimum atomic E-state index is -3.51. The number of sulfonamides is 1. The molecule has 0 saturated heterocycles. The third-order valence-electron chi connectivity index (χ3n) is 2.74. The van der Waals surface area contributed by atoms with Gasteiger partial charge in [0.25, 0.3) is 0 Å². The zero-order valence-corrected chi connectivity index (χ0v) is 11.7. The molecule has 3 N–H and O–H groups in total. The number of aromatic nitrogens is 3. The van der Waals surface area contributed by atoms with Gasteiger partial charge in [-0.3, -0.25) is 0 Å². The Morgan fingerprint density at radius 3 is 2.84 bits per heavy atom. The molecular formula is C11H17N5O2S. The van der Waals surface area contributed by atoms with Gasteiger partial charge in [0.05, 0.1) is 11.4 Å². The van der Waals surface area contributed by atoms with Gasteiger partial charge in [-0.25, -0.2) is 18.1 Å². The molecule has 0 radical (unpaired) electrons. The molecular weight excluding hydrogens is 266 g/mol. The van der Waals surface area contributed by atoms with Crippen molar-refractivity contribution in [3.63, 3.8) is 0 Å². The van der Waals surface area contributed by atoms with Gasteiger partial charge in [0.15, 0.2) is 0 Å². The molecule has 2 heterocycles. The van der Waals surface area contributed by atoms with E-state index in [1.54, 1.807) is 30.1 Å². The number of hydrogen-bond acceptors (Lipinski definition) is 4. The number of aryl methyl sites for hydroxylation is 1. The number of rotatable bonds is 6. The first-order valence-corrected chi connectivity index (χ1v) is 7.29. The molecule has 0 unspecified atom stereocenters. The van der Waals surface area contributed by atoms with Crippen LogP contribution in [-0.4, -0.2) is 30.0 Å². The first kappa shape index (κ1) is 13.8. The lowest BCUT2D eigenvalue weighted by molar-refractivity contribution is 0.577. The van der Waals surface area contributed by atoms with Crippen molar-refractivity contribution in [2.24, 2.45) is 7.05 Å². The molecule has 0 saturated carbocycles. The smallest absolute Gasteiger partial charge is 0.242 e. The van der Waals surface area contributed by atoms with Gasteiger partial charge in [0.1, 0.15) is 5.82 Å². The van der Waals surface area contributed by atoms with Gasteiger partial charge < -0.3 is 14.9 Å². The Morgan fingerprint density at radius 2 is 2.21 bits per heavy atom. The second kappa shape index (κ2) is 5.55. The zero-order valence-electron chi connectivity index (χ0n) is 10.8. The second-order valence-corrected chi connectivity index (χ2v) is 5.94. The minimum absolute atomic E-state index is 0.165. The lowest BCUT2D eigenvalue weighted by Crippen LogP contribution is -2.24. The van der Waals surface area contributed by atoms with E-state index < -0.39 is 10.0 Å².